The van der Waals surface area contributed by atoms with Crippen molar-refractivity contribution in [1.82, 2.24) is 4.98 Å². The SMILES string of the molecule is CC1CCN(c2ncc(Br)cc2[N+](=O)[O-])CC1C. The molecule has 1 fully saturated rings. The molecule has 98 valence electrons. The average molecular weight is 314 g/mol. The standard InChI is InChI=1S/C12H16BrN3O2/c1-8-3-4-15(7-9(8)2)12-11(16(17)18)5-10(13)6-14-12/h5-6,8-9H,3-4,7H2,1-2H3. The molecule has 5 nitrogen and oxygen atoms in total. The molecule has 0 amide bonds. The number of nitrogens with zero attached hydrogens (tertiary/aromatic N) is 3. The van der Waals surface area contributed by atoms with E-state index in [2.05, 4.69) is 34.8 Å². The van der Waals surface area contributed by atoms with Crippen LogP contribution in [0, 0.1) is 22.0 Å². The first-order valence-corrected chi connectivity index (χ1v) is 6.83. The van der Waals surface area contributed by atoms with Gasteiger partial charge in [-0.1, -0.05) is 13.8 Å². The van der Waals surface area contributed by atoms with Crippen molar-refractivity contribution in [3.63, 3.8) is 0 Å². The van der Waals surface area contributed by atoms with E-state index in [0.717, 1.165) is 19.5 Å². The second-order valence-electron chi connectivity index (χ2n) is 4.94. The Morgan fingerprint density at radius 1 is 1.50 bits per heavy atom. The Morgan fingerprint density at radius 2 is 2.22 bits per heavy atom. The number of anilines is 1. The van der Waals surface area contributed by atoms with Crippen molar-refractivity contribution < 1.29 is 4.92 Å². The summed E-state index contributed by atoms with van der Waals surface area (Å²) in [6, 6.07) is 1.52. The van der Waals surface area contributed by atoms with Crippen LogP contribution < -0.4 is 4.90 Å². The molecule has 18 heavy (non-hydrogen) atoms. The number of rotatable bonds is 2. The van der Waals surface area contributed by atoms with Crippen molar-refractivity contribution in [3.05, 3.63) is 26.9 Å². The van der Waals surface area contributed by atoms with E-state index in [1.54, 1.807) is 6.20 Å². The number of hydrogen-bond acceptors (Lipinski definition) is 4. The molecule has 2 rings (SSSR count). The van der Waals surface area contributed by atoms with Gasteiger partial charge in [-0.05, 0) is 34.2 Å². The molecule has 0 radical (unpaired) electrons. The number of piperidine rings is 1. The van der Waals surface area contributed by atoms with Crippen LogP contribution in [-0.2, 0) is 0 Å². The molecule has 2 atom stereocenters. The molecule has 2 heterocycles. The highest BCUT2D eigenvalue weighted by Crippen LogP contribution is 2.32. The van der Waals surface area contributed by atoms with E-state index in [1.807, 2.05) is 4.90 Å². The van der Waals surface area contributed by atoms with Crippen LogP contribution in [0.25, 0.3) is 0 Å². The van der Waals surface area contributed by atoms with E-state index in [1.165, 1.54) is 6.07 Å². The molecule has 6 heteroatoms. The molecule has 0 spiro atoms. The maximum atomic E-state index is 11.1. The van der Waals surface area contributed by atoms with Gasteiger partial charge in [0.2, 0.25) is 5.82 Å². The lowest BCUT2D eigenvalue weighted by atomic mass is 9.89. The van der Waals surface area contributed by atoms with E-state index in [9.17, 15) is 10.1 Å². The Bertz CT molecular complexity index is 467. The van der Waals surface area contributed by atoms with Gasteiger partial charge in [0.25, 0.3) is 0 Å². The van der Waals surface area contributed by atoms with Gasteiger partial charge in [-0.3, -0.25) is 10.1 Å². The van der Waals surface area contributed by atoms with Crippen molar-refractivity contribution in [3.8, 4) is 0 Å². The van der Waals surface area contributed by atoms with Crippen LogP contribution in [0.2, 0.25) is 0 Å². The summed E-state index contributed by atoms with van der Waals surface area (Å²) in [5.41, 5.74) is 0.0751. The summed E-state index contributed by atoms with van der Waals surface area (Å²) in [7, 11) is 0. The first kappa shape index (κ1) is 13.3. The normalized spacial score (nSPS) is 24.1. The van der Waals surface area contributed by atoms with Gasteiger partial charge in [0.15, 0.2) is 0 Å². The molecule has 1 aliphatic rings. The number of pyridine rings is 1. The van der Waals surface area contributed by atoms with Crippen molar-refractivity contribution >= 4 is 27.4 Å². The first-order chi connectivity index (χ1) is 8.49. The molecular formula is C12H16BrN3O2. The maximum Gasteiger partial charge on any atom is 0.312 e. The third-order valence-corrected chi connectivity index (χ3v) is 4.08. The van der Waals surface area contributed by atoms with Gasteiger partial charge in [0.1, 0.15) is 0 Å². The van der Waals surface area contributed by atoms with Gasteiger partial charge in [-0.15, -0.1) is 0 Å². The van der Waals surface area contributed by atoms with Gasteiger partial charge >= 0.3 is 5.69 Å². The molecule has 1 aliphatic heterocycles. The highest BCUT2D eigenvalue weighted by molar-refractivity contribution is 9.10. The largest absolute Gasteiger partial charge is 0.351 e. The van der Waals surface area contributed by atoms with Crippen molar-refractivity contribution in [1.29, 1.82) is 0 Å². The molecule has 1 saturated heterocycles. The van der Waals surface area contributed by atoms with Crippen molar-refractivity contribution in [2.24, 2.45) is 11.8 Å². The van der Waals surface area contributed by atoms with Gasteiger partial charge in [0.05, 0.1) is 4.92 Å². The number of nitro groups is 1. The molecule has 0 bridgehead atoms. The fourth-order valence-electron chi connectivity index (χ4n) is 2.25. The molecule has 0 aliphatic carbocycles. The molecule has 1 aromatic heterocycles. The second kappa shape index (κ2) is 5.22. The minimum absolute atomic E-state index is 0.0751. The van der Waals surface area contributed by atoms with E-state index >= 15 is 0 Å². The lowest BCUT2D eigenvalue weighted by Crippen LogP contribution is -2.39. The summed E-state index contributed by atoms with van der Waals surface area (Å²) in [4.78, 5) is 17.0. The van der Waals surface area contributed by atoms with Crippen molar-refractivity contribution in [2.75, 3.05) is 18.0 Å². The Hall–Kier alpha value is -1.17. The summed E-state index contributed by atoms with van der Waals surface area (Å²) in [5, 5.41) is 11.1. The second-order valence-corrected chi connectivity index (χ2v) is 5.86. The van der Waals surface area contributed by atoms with Gasteiger partial charge in [0, 0.05) is 29.8 Å². The van der Waals surface area contributed by atoms with Crippen LogP contribution in [-0.4, -0.2) is 23.0 Å². The zero-order valence-electron chi connectivity index (χ0n) is 10.5. The molecular weight excluding hydrogens is 298 g/mol. The van der Waals surface area contributed by atoms with Crippen LogP contribution in [0.1, 0.15) is 20.3 Å². The van der Waals surface area contributed by atoms with Gasteiger partial charge in [-0.2, -0.15) is 0 Å². The lowest BCUT2D eigenvalue weighted by molar-refractivity contribution is -0.384. The van der Waals surface area contributed by atoms with E-state index in [0.29, 0.717) is 22.1 Å². The summed E-state index contributed by atoms with van der Waals surface area (Å²) in [6.45, 7) is 6.07. The van der Waals surface area contributed by atoms with Crippen molar-refractivity contribution in [2.45, 2.75) is 20.3 Å². The highest BCUT2D eigenvalue weighted by atomic mass is 79.9. The van der Waals surface area contributed by atoms with Crippen LogP contribution in [0.4, 0.5) is 11.5 Å². The van der Waals surface area contributed by atoms with Crippen LogP contribution >= 0.6 is 15.9 Å². The zero-order valence-corrected chi connectivity index (χ0v) is 12.1. The lowest BCUT2D eigenvalue weighted by Gasteiger charge is -2.35. The number of aromatic nitrogens is 1. The molecule has 0 N–H and O–H groups in total. The quantitative estimate of drug-likeness (QED) is 0.621. The average Bonchev–Trinajstić information content (AvgIpc) is 2.32. The number of halogens is 1. The topological polar surface area (TPSA) is 59.3 Å². The van der Waals surface area contributed by atoms with Gasteiger partial charge < -0.3 is 4.90 Å². The Balaban J connectivity index is 2.30. The minimum Gasteiger partial charge on any atom is -0.351 e. The third kappa shape index (κ3) is 2.63. The van der Waals surface area contributed by atoms with E-state index < -0.39 is 0 Å². The fourth-order valence-corrected chi connectivity index (χ4v) is 2.57. The molecule has 2 unspecified atom stereocenters. The zero-order chi connectivity index (χ0) is 13.3. The Morgan fingerprint density at radius 3 is 2.83 bits per heavy atom. The summed E-state index contributed by atoms with van der Waals surface area (Å²) in [5.74, 6) is 1.68. The summed E-state index contributed by atoms with van der Waals surface area (Å²) < 4.78 is 0.636. The predicted molar refractivity (Wildman–Crippen MR) is 73.7 cm³/mol. The van der Waals surface area contributed by atoms with Crippen LogP contribution in [0.3, 0.4) is 0 Å². The smallest absolute Gasteiger partial charge is 0.312 e. The predicted octanol–water partition coefficient (Wildman–Crippen LogP) is 3.23. The van der Waals surface area contributed by atoms with Gasteiger partial charge in [-0.25, -0.2) is 4.98 Å². The maximum absolute atomic E-state index is 11.1. The minimum atomic E-state index is -0.365. The van der Waals surface area contributed by atoms with Crippen LogP contribution in [0.15, 0.2) is 16.7 Å². The summed E-state index contributed by atoms with van der Waals surface area (Å²) in [6.07, 6.45) is 2.67. The fraction of sp³-hybridized carbons (Fsp3) is 0.583. The third-order valence-electron chi connectivity index (χ3n) is 3.64. The Kier molecular flexibility index (Phi) is 3.85. The monoisotopic (exact) mass is 313 g/mol. The summed E-state index contributed by atoms with van der Waals surface area (Å²) >= 11 is 3.22. The first-order valence-electron chi connectivity index (χ1n) is 6.04. The number of hydrogen-bond donors (Lipinski definition) is 0. The van der Waals surface area contributed by atoms with E-state index in [4.69, 9.17) is 0 Å². The van der Waals surface area contributed by atoms with E-state index in [-0.39, 0.29) is 10.6 Å². The molecule has 0 aromatic carbocycles. The highest BCUT2D eigenvalue weighted by Gasteiger charge is 2.28. The van der Waals surface area contributed by atoms with Crippen LogP contribution in [0.5, 0.6) is 0 Å². The Labute approximate surface area is 114 Å². The molecule has 0 saturated carbocycles. The molecule has 1 aromatic rings.